The maximum atomic E-state index is 13.3. The number of nitrogens with one attached hydrogen (secondary N) is 1. The van der Waals surface area contributed by atoms with Gasteiger partial charge in [0.2, 0.25) is 10.0 Å². The third kappa shape index (κ3) is 3.42. The van der Waals surface area contributed by atoms with E-state index < -0.39 is 21.7 Å². The van der Waals surface area contributed by atoms with Crippen molar-refractivity contribution in [3.8, 4) is 0 Å². The SMILES string of the molecule is O=S(=O)(c1ccc(F)c(F)c1)N1CCC[C@@H](Cc2ccn[nH]2)C1. The van der Waals surface area contributed by atoms with Gasteiger partial charge < -0.3 is 0 Å². The fourth-order valence-corrected chi connectivity index (χ4v) is 4.47. The monoisotopic (exact) mass is 341 g/mol. The van der Waals surface area contributed by atoms with Crippen LogP contribution in [0.4, 0.5) is 8.78 Å². The molecule has 1 N–H and O–H groups in total. The maximum Gasteiger partial charge on any atom is 0.243 e. The Morgan fingerprint density at radius 1 is 1.26 bits per heavy atom. The van der Waals surface area contributed by atoms with E-state index in [0.717, 1.165) is 36.7 Å². The number of benzene rings is 1. The van der Waals surface area contributed by atoms with Crippen molar-refractivity contribution in [2.75, 3.05) is 13.1 Å². The van der Waals surface area contributed by atoms with E-state index in [9.17, 15) is 17.2 Å². The van der Waals surface area contributed by atoms with E-state index in [1.165, 1.54) is 4.31 Å². The van der Waals surface area contributed by atoms with Crippen LogP contribution in [0, 0.1) is 17.6 Å². The van der Waals surface area contributed by atoms with Crippen molar-refractivity contribution < 1.29 is 17.2 Å². The first kappa shape index (κ1) is 16.1. The topological polar surface area (TPSA) is 66.1 Å². The molecule has 0 amide bonds. The zero-order chi connectivity index (χ0) is 16.4. The summed E-state index contributed by atoms with van der Waals surface area (Å²) in [6.45, 7) is 0.751. The average molecular weight is 341 g/mol. The normalized spacial score (nSPS) is 19.8. The summed E-state index contributed by atoms with van der Waals surface area (Å²) in [6.07, 6.45) is 4.03. The first-order chi connectivity index (χ1) is 11.0. The average Bonchev–Trinajstić information content (AvgIpc) is 3.03. The van der Waals surface area contributed by atoms with Crippen LogP contribution in [0.15, 0.2) is 35.4 Å². The van der Waals surface area contributed by atoms with Gasteiger partial charge in [0.05, 0.1) is 4.90 Å². The van der Waals surface area contributed by atoms with E-state index in [1.54, 1.807) is 6.20 Å². The molecule has 8 heteroatoms. The first-order valence-corrected chi connectivity index (χ1v) is 8.84. The zero-order valence-corrected chi connectivity index (χ0v) is 13.2. The number of sulfonamides is 1. The Kier molecular flexibility index (Phi) is 4.45. The van der Waals surface area contributed by atoms with Crippen LogP contribution in [0.3, 0.4) is 0 Å². The van der Waals surface area contributed by atoms with Crippen LogP contribution in [0.2, 0.25) is 0 Å². The smallest absolute Gasteiger partial charge is 0.243 e. The van der Waals surface area contributed by atoms with Gasteiger partial charge in [0.1, 0.15) is 0 Å². The molecule has 1 aliphatic heterocycles. The van der Waals surface area contributed by atoms with Gasteiger partial charge in [0, 0.05) is 25.0 Å². The number of rotatable bonds is 4. The number of halogens is 2. The molecular formula is C15H17F2N3O2S. The molecule has 1 atom stereocenters. The highest BCUT2D eigenvalue weighted by atomic mass is 32.2. The number of hydrogen-bond acceptors (Lipinski definition) is 3. The molecule has 2 heterocycles. The van der Waals surface area contributed by atoms with Gasteiger partial charge in [-0.3, -0.25) is 5.10 Å². The largest absolute Gasteiger partial charge is 0.283 e. The number of aromatic nitrogens is 2. The molecular weight excluding hydrogens is 324 g/mol. The van der Waals surface area contributed by atoms with Crippen LogP contribution >= 0.6 is 0 Å². The van der Waals surface area contributed by atoms with Crippen molar-refractivity contribution in [3.63, 3.8) is 0 Å². The Labute approximate surface area is 133 Å². The van der Waals surface area contributed by atoms with Crippen LogP contribution in [0.1, 0.15) is 18.5 Å². The molecule has 0 saturated carbocycles. The molecule has 5 nitrogen and oxygen atoms in total. The second-order valence-electron chi connectivity index (χ2n) is 5.73. The Balaban J connectivity index is 1.77. The molecule has 0 bridgehead atoms. The summed E-state index contributed by atoms with van der Waals surface area (Å²) in [4.78, 5) is -0.210. The van der Waals surface area contributed by atoms with Crippen molar-refractivity contribution in [2.24, 2.45) is 5.92 Å². The van der Waals surface area contributed by atoms with E-state index >= 15 is 0 Å². The number of aromatic amines is 1. The number of hydrogen-bond donors (Lipinski definition) is 1. The summed E-state index contributed by atoms with van der Waals surface area (Å²) < 4.78 is 52.9. The Bertz CT molecular complexity index is 778. The van der Waals surface area contributed by atoms with Crippen molar-refractivity contribution in [1.29, 1.82) is 0 Å². The van der Waals surface area contributed by atoms with Crippen molar-refractivity contribution in [1.82, 2.24) is 14.5 Å². The van der Waals surface area contributed by atoms with Crippen LogP contribution < -0.4 is 0 Å². The van der Waals surface area contributed by atoms with Gasteiger partial charge in [-0.2, -0.15) is 9.40 Å². The molecule has 0 aliphatic carbocycles. The molecule has 0 radical (unpaired) electrons. The molecule has 3 rings (SSSR count). The lowest BCUT2D eigenvalue weighted by Crippen LogP contribution is -2.40. The summed E-state index contributed by atoms with van der Waals surface area (Å²) in [5.74, 6) is -2.04. The molecule has 2 aromatic rings. The predicted molar refractivity (Wildman–Crippen MR) is 80.1 cm³/mol. The van der Waals surface area contributed by atoms with Gasteiger partial charge >= 0.3 is 0 Å². The van der Waals surface area contributed by atoms with E-state index in [1.807, 2.05) is 6.07 Å². The summed E-state index contributed by atoms with van der Waals surface area (Å²) in [7, 11) is -3.81. The summed E-state index contributed by atoms with van der Waals surface area (Å²) in [5, 5.41) is 6.76. The third-order valence-electron chi connectivity index (χ3n) is 4.08. The molecule has 1 aliphatic rings. The lowest BCUT2D eigenvalue weighted by Gasteiger charge is -2.31. The van der Waals surface area contributed by atoms with Crippen molar-refractivity contribution in [2.45, 2.75) is 24.2 Å². The second kappa shape index (κ2) is 6.37. The summed E-state index contributed by atoms with van der Waals surface area (Å²) in [6, 6.07) is 4.55. The van der Waals surface area contributed by atoms with Crippen molar-refractivity contribution in [3.05, 3.63) is 47.8 Å². The third-order valence-corrected chi connectivity index (χ3v) is 5.94. The number of piperidine rings is 1. The molecule has 1 fully saturated rings. The van der Waals surface area contributed by atoms with Crippen LogP contribution in [-0.2, 0) is 16.4 Å². The highest BCUT2D eigenvalue weighted by molar-refractivity contribution is 7.89. The van der Waals surface area contributed by atoms with Crippen molar-refractivity contribution >= 4 is 10.0 Å². The van der Waals surface area contributed by atoms with E-state index in [0.29, 0.717) is 19.5 Å². The Hall–Kier alpha value is -1.80. The van der Waals surface area contributed by atoms with Gasteiger partial charge in [0.15, 0.2) is 11.6 Å². The molecule has 1 saturated heterocycles. The highest BCUT2D eigenvalue weighted by Gasteiger charge is 2.31. The molecule has 23 heavy (non-hydrogen) atoms. The Morgan fingerprint density at radius 2 is 2.09 bits per heavy atom. The zero-order valence-electron chi connectivity index (χ0n) is 12.4. The van der Waals surface area contributed by atoms with Gasteiger partial charge in [-0.15, -0.1) is 0 Å². The first-order valence-electron chi connectivity index (χ1n) is 7.40. The van der Waals surface area contributed by atoms with Gasteiger partial charge in [-0.05, 0) is 49.4 Å². The van der Waals surface area contributed by atoms with Crippen LogP contribution in [-0.4, -0.2) is 36.0 Å². The van der Waals surface area contributed by atoms with Gasteiger partial charge in [-0.1, -0.05) is 0 Å². The lowest BCUT2D eigenvalue weighted by atomic mass is 9.95. The highest BCUT2D eigenvalue weighted by Crippen LogP contribution is 2.26. The van der Waals surface area contributed by atoms with E-state index in [4.69, 9.17) is 0 Å². The fraction of sp³-hybridized carbons (Fsp3) is 0.400. The van der Waals surface area contributed by atoms with Gasteiger partial charge in [0.25, 0.3) is 0 Å². The van der Waals surface area contributed by atoms with Crippen LogP contribution in [0.5, 0.6) is 0 Å². The standard InChI is InChI=1S/C15H17F2N3O2S/c16-14-4-3-13(9-15(14)17)23(21,22)20-7-1-2-11(10-20)8-12-5-6-18-19-12/h3-6,9,11H,1-2,7-8,10H2,(H,18,19)/t11-/m0/s1. The minimum Gasteiger partial charge on any atom is -0.283 e. The summed E-state index contributed by atoms with van der Waals surface area (Å²) in [5.41, 5.74) is 0.960. The summed E-state index contributed by atoms with van der Waals surface area (Å²) >= 11 is 0. The predicted octanol–water partition coefficient (Wildman–Crippen LogP) is 2.33. The molecule has 0 spiro atoms. The molecule has 1 aromatic heterocycles. The molecule has 0 unspecified atom stereocenters. The lowest BCUT2D eigenvalue weighted by molar-refractivity contribution is 0.264. The number of H-pyrrole nitrogens is 1. The minimum atomic E-state index is -3.81. The van der Waals surface area contributed by atoms with E-state index in [-0.39, 0.29) is 10.8 Å². The Morgan fingerprint density at radius 3 is 2.78 bits per heavy atom. The minimum absolute atomic E-state index is 0.171. The second-order valence-corrected chi connectivity index (χ2v) is 7.67. The quantitative estimate of drug-likeness (QED) is 0.928. The molecule has 1 aromatic carbocycles. The van der Waals surface area contributed by atoms with E-state index in [2.05, 4.69) is 10.2 Å². The van der Waals surface area contributed by atoms with Crippen LogP contribution in [0.25, 0.3) is 0 Å². The van der Waals surface area contributed by atoms with Gasteiger partial charge in [-0.25, -0.2) is 17.2 Å². The fourth-order valence-electron chi connectivity index (χ4n) is 2.91. The maximum absolute atomic E-state index is 13.3. The number of nitrogens with zero attached hydrogens (tertiary/aromatic N) is 2. The molecule has 124 valence electrons.